The number of hydrogen-bond acceptors (Lipinski definition) is 4. The minimum Gasteiger partial charge on any atom is -0.497 e. The average molecular weight is 523 g/mol. The molecule has 0 amide bonds. The summed E-state index contributed by atoms with van der Waals surface area (Å²) < 4.78 is 5.28. The van der Waals surface area contributed by atoms with E-state index in [1.807, 2.05) is 19.2 Å². The molecule has 1 saturated heterocycles. The molecular weight excluding hydrogens is 489 g/mol. The summed E-state index contributed by atoms with van der Waals surface area (Å²) in [6.07, 6.45) is 1.10. The lowest BCUT2D eigenvalue weighted by Crippen LogP contribution is -2.46. The maximum absolute atomic E-state index is 5.28. The monoisotopic (exact) mass is 523 g/mol. The summed E-state index contributed by atoms with van der Waals surface area (Å²) in [6, 6.07) is 19.5. The zero-order valence-corrected chi connectivity index (χ0v) is 20.7. The molecule has 1 heterocycles. The zero-order chi connectivity index (χ0) is 20.6. The molecule has 30 heavy (non-hydrogen) atoms. The number of para-hydroxylation sites is 1. The molecule has 2 atom stereocenters. The number of nitrogens with zero attached hydrogens (tertiary/aromatic N) is 3. The number of benzene rings is 2. The molecule has 7 heteroatoms. The van der Waals surface area contributed by atoms with Gasteiger partial charge in [0.05, 0.1) is 13.2 Å². The van der Waals surface area contributed by atoms with Crippen LogP contribution in [0.1, 0.15) is 18.0 Å². The molecule has 164 valence electrons. The largest absolute Gasteiger partial charge is 0.497 e. The molecule has 0 spiro atoms. The number of nitrogens with one attached hydrogen (secondary N) is 2. The van der Waals surface area contributed by atoms with Crippen molar-refractivity contribution in [3.8, 4) is 5.75 Å². The van der Waals surface area contributed by atoms with Gasteiger partial charge in [0.1, 0.15) is 5.75 Å². The van der Waals surface area contributed by atoms with Gasteiger partial charge in [0.2, 0.25) is 0 Å². The summed E-state index contributed by atoms with van der Waals surface area (Å²) in [5.74, 6) is 1.73. The number of anilines is 1. The van der Waals surface area contributed by atoms with E-state index in [1.54, 1.807) is 7.11 Å². The first-order chi connectivity index (χ1) is 14.1. The fourth-order valence-corrected chi connectivity index (χ4v) is 3.76. The van der Waals surface area contributed by atoms with Crippen LogP contribution in [-0.2, 0) is 0 Å². The van der Waals surface area contributed by atoms with Crippen molar-refractivity contribution < 1.29 is 4.74 Å². The molecule has 3 rings (SSSR count). The second-order valence-electron chi connectivity index (χ2n) is 7.62. The van der Waals surface area contributed by atoms with Crippen LogP contribution in [-0.4, -0.2) is 64.8 Å². The van der Waals surface area contributed by atoms with Crippen molar-refractivity contribution in [2.45, 2.75) is 18.5 Å². The Bertz CT molecular complexity index is 782. The summed E-state index contributed by atoms with van der Waals surface area (Å²) in [7, 11) is 7.72. The maximum atomic E-state index is 5.28. The van der Waals surface area contributed by atoms with Crippen LogP contribution in [0, 0.1) is 0 Å². The molecule has 0 aliphatic carbocycles. The highest BCUT2D eigenvalue weighted by Gasteiger charge is 2.23. The van der Waals surface area contributed by atoms with Gasteiger partial charge in [-0.25, -0.2) is 0 Å². The summed E-state index contributed by atoms with van der Waals surface area (Å²) in [5, 5.41) is 7.09. The predicted octanol–water partition coefficient (Wildman–Crippen LogP) is 3.36. The molecule has 1 aliphatic rings. The molecule has 6 nitrogen and oxygen atoms in total. The van der Waals surface area contributed by atoms with Gasteiger partial charge in [0.25, 0.3) is 0 Å². The Kier molecular flexibility index (Phi) is 9.71. The van der Waals surface area contributed by atoms with Crippen molar-refractivity contribution in [3.05, 3.63) is 60.2 Å². The summed E-state index contributed by atoms with van der Waals surface area (Å²) >= 11 is 0. The minimum absolute atomic E-state index is 0. The Hall–Kier alpha value is -2.00. The Morgan fingerprint density at radius 3 is 2.47 bits per heavy atom. The summed E-state index contributed by atoms with van der Waals surface area (Å²) in [6.45, 7) is 2.82. The number of guanidine groups is 1. The van der Waals surface area contributed by atoms with E-state index in [1.165, 1.54) is 11.3 Å². The first-order valence-corrected chi connectivity index (χ1v) is 10.2. The van der Waals surface area contributed by atoms with Crippen LogP contribution in [0.4, 0.5) is 5.69 Å². The van der Waals surface area contributed by atoms with Crippen LogP contribution >= 0.6 is 24.0 Å². The van der Waals surface area contributed by atoms with Crippen LogP contribution in [0.15, 0.2) is 59.6 Å². The van der Waals surface area contributed by atoms with Crippen LogP contribution in [0.2, 0.25) is 0 Å². The third-order valence-corrected chi connectivity index (χ3v) is 5.46. The Morgan fingerprint density at radius 2 is 1.87 bits per heavy atom. The average Bonchev–Trinajstić information content (AvgIpc) is 3.22. The van der Waals surface area contributed by atoms with Crippen molar-refractivity contribution in [3.63, 3.8) is 0 Å². The van der Waals surface area contributed by atoms with Gasteiger partial charge in [-0.15, -0.1) is 24.0 Å². The van der Waals surface area contributed by atoms with Crippen molar-refractivity contribution in [2.75, 3.05) is 52.8 Å². The van der Waals surface area contributed by atoms with Gasteiger partial charge in [-0.1, -0.05) is 30.3 Å². The quantitative estimate of drug-likeness (QED) is 0.331. The second-order valence-corrected chi connectivity index (χ2v) is 7.62. The molecule has 2 unspecified atom stereocenters. The highest BCUT2D eigenvalue weighted by atomic mass is 127. The molecule has 2 N–H and O–H groups in total. The number of rotatable bonds is 7. The summed E-state index contributed by atoms with van der Waals surface area (Å²) in [5.41, 5.74) is 2.53. The normalized spacial score (nSPS) is 17.4. The van der Waals surface area contributed by atoms with Crippen LogP contribution in [0.3, 0.4) is 0 Å². The van der Waals surface area contributed by atoms with E-state index in [0.717, 1.165) is 37.8 Å². The van der Waals surface area contributed by atoms with E-state index in [-0.39, 0.29) is 30.0 Å². The van der Waals surface area contributed by atoms with E-state index < -0.39 is 0 Å². The van der Waals surface area contributed by atoms with Gasteiger partial charge >= 0.3 is 0 Å². The Balaban J connectivity index is 0.00000320. The van der Waals surface area contributed by atoms with E-state index in [9.17, 15) is 0 Å². The van der Waals surface area contributed by atoms with Gasteiger partial charge in [0, 0.05) is 38.4 Å². The first-order valence-electron chi connectivity index (χ1n) is 10.2. The van der Waals surface area contributed by atoms with Gasteiger partial charge in [-0.05, 0) is 50.3 Å². The zero-order valence-electron chi connectivity index (χ0n) is 18.3. The third kappa shape index (κ3) is 6.50. The van der Waals surface area contributed by atoms with Gasteiger partial charge in [-0.3, -0.25) is 4.99 Å². The number of aliphatic imine (C=N–C) groups is 1. The van der Waals surface area contributed by atoms with E-state index in [4.69, 9.17) is 4.74 Å². The van der Waals surface area contributed by atoms with Crippen LogP contribution < -0.4 is 20.3 Å². The molecule has 0 saturated carbocycles. The van der Waals surface area contributed by atoms with Gasteiger partial charge in [-0.2, -0.15) is 0 Å². The lowest BCUT2D eigenvalue weighted by atomic mass is 10.1. The van der Waals surface area contributed by atoms with Crippen molar-refractivity contribution in [1.82, 2.24) is 15.5 Å². The summed E-state index contributed by atoms with van der Waals surface area (Å²) in [4.78, 5) is 9.08. The smallest absolute Gasteiger partial charge is 0.191 e. The molecule has 2 aromatic carbocycles. The Labute approximate surface area is 197 Å². The number of methoxy groups -OCH3 is 1. The van der Waals surface area contributed by atoms with Crippen molar-refractivity contribution >= 4 is 35.6 Å². The number of hydrogen-bond donors (Lipinski definition) is 2. The Morgan fingerprint density at radius 1 is 1.17 bits per heavy atom. The highest BCUT2D eigenvalue weighted by molar-refractivity contribution is 14.0. The first kappa shape index (κ1) is 24.3. The van der Waals surface area contributed by atoms with Gasteiger partial charge in [0.15, 0.2) is 5.96 Å². The van der Waals surface area contributed by atoms with Gasteiger partial charge < -0.3 is 25.2 Å². The molecule has 0 radical (unpaired) electrons. The maximum Gasteiger partial charge on any atom is 0.191 e. The topological polar surface area (TPSA) is 52.1 Å². The lowest BCUT2D eigenvalue weighted by Gasteiger charge is -2.27. The minimum atomic E-state index is 0. The molecule has 1 fully saturated rings. The molecule has 2 aromatic rings. The van der Waals surface area contributed by atoms with Crippen LogP contribution in [0.5, 0.6) is 5.75 Å². The molecule has 1 aliphatic heterocycles. The fourth-order valence-electron chi connectivity index (χ4n) is 3.76. The molecule has 0 bridgehead atoms. The number of likely N-dealkylation sites (N-methyl/N-ethyl adjacent to an activating group) is 1. The van der Waals surface area contributed by atoms with E-state index in [2.05, 4.69) is 82.0 Å². The van der Waals surface area contributed by atoms with Crippen molar-refractivity contribution in [2.24, 2.45) is 4.99 Å². The fraction of sp³-hybridized carbons (Fsp3) is 0.435. The van der Waals surface area contributed by atoms with E-state index >= 15 is 0 Å². The number of ether oxygens (including phenoxy) is 1. The SMILES string of the molecule is CN=C(NCC(c1ccc(OC)cc1)N(C)C)NC1CCN(c2ccccc2)C1.I. The number of halogens is 1. The third-order valence-electron chi connectivity index (χ3n) is 5.46. The molecular formula is C23H34IN5O. The highest BCUT2D eigenvalue weighted by Crippen LogP contribution is 2.21. The second kappa shape index (κ2) is 12.0. The molecule has 0 aromatic heterocycles. The lowest BCUT2D eigenvalue weighted by molar-refractivity contribution is 0.297. The standard InChI is InChI=1S/C23H33N5O.HI/c1-24-23(26-19-14-15-28(17-19)20-8-6-5-7-9-20)25-16-22(27(2)3)18-10-12-21(29-4)13-11-18;/h5-13,19,22H,14-17H2,1-4H3,(H2,24,25,26);1H. The van der Waals surface area contributed by atoms with Crippen molar-refractivity contribution in [1.29, 1.82) is 0 Å². The predicted molar refractivity (Wildman–Crippen MR) is 136 cm³/mol. The van der Waals surface area contributed by atoms with E-state index in [0.29, 0.717) is 6.04 Å². The van der Waals surface area contributed by atoms with Crippen LogP contribution in [0.25, 0.3) is 0 Å².